The van der Waals surface area contributed by atoms with Crippen molar-refractivity contribution in [3.8, 4) is 5.75 Å². The van der Waals surface area contributed by atoms with Gasteiger partial charge in [0.25, 0.3) is 0 Å². The molecule has 1 aliphatic rings. The zero-order valence-electron chi connectivity index (χ0n) is 12.1. The maximum Gasteiger partial charge on any atom is 0.232 e. The molecule has 1 saturated heterocycles. The highest BCUT2D eigenvalue weighted by atomic mass is 16.5. The number of nitrogens with zero attached hydrogens (tertiary/aromatic N) is 3. The van der Waals surface area contributed by atoms with E-state index in [1.807, 2.05) is 29.2 Å². The molecule has 0 N–H and O–H groups in total. The van der Waals surface area contributed by atoms with Crippen LogP contribution in [0.5, 0.6) is 5.75 Å². The molecule has 1 unspecified atom stereocenters. The molecule has 6 heteroatoms. The Morgan fingerprint density at radius 1 is 1.38 bits per heavy atom. The summed E-state index contributed by atoms with van der Waals surface area (Å²) in [5.41, 5.74) is 1.08. The van der Waals surface area contributed by atoms with Gasteiger partial charge in [-0.1, -0.05) is 17.3 Å². The summed E-state index contributed by atoms with van der Waals surface area (Å²) in [6.07, 6.45) is 0.428. The van der Waals surface area contributed by atoms with Crippen molar-refractivity contribution in [1.29, 1.82) is 0 Å². The molecule has 0 spiro atoms. The second-order valence-corrected chi connectivity index (χ2v) is 5.20. The van der Waals surface area contributed by atoms with E-state index >= 15 is 0 Å². The number of carbonyl (C=O) groups is 1. The number of rotatable bonds is 4. The van der Waals surface area contributed by atoms with Gasteiger partial charge in [0.15, 0.2) is 5.82 Å². The summed E-state index contributed by atoms with van der Waals surface area (Å²) < 4.78 is 10.3. The Morgan fingerprint density at radius 3 is 2.76 bits per heavy atom. The number of hydrogen-bond donors (Lipinski definition) is 0. The predicted molar refractivity (Wildman–Crippen MR) is 74.8 cm³/mol. The fourth-order valence-electron chi connectivity index (χ4n) is 2.52. The first kappa shape index (κ1) is 13.6. The van der Waals surface area contributed by atoms with Gasteiger partial charge in [-0.25, -0.2) is 0 Å². The molecule has 0 radical (unpaired) electrons. The van der Waals surface area contributed by atoms with E-state index in [0.29, 0.717) is 31.2 Å². The zero-order valence-corrected chi connectivity index (χ0v) is 12.1. The van der Waals surface area contributed by atoms with Crippen LogP contribution in [0, 0.1) is 6.92 Å². The lowest BCUT2D eigenvalue weighted by Gasteiger charge is -2.16. The largest absolute Gasteiger partial charge is 0.497 e. The standard InChI is InChI=1S/C15H17N3O3/c1-10-16-15(21-17-10)12-7-14(19)18(9-12)8-11-3-5-13(20-2)6-4-11/h3-6,12H,7-9H2,1-2H3. The van der Waals surface area contributed by atoms with Crippen LogP contribution in [0.1, 0.15) is 29.6 Å². The van der Waals surface area contributed by atoms with Crippen LogP contribution in [-0.4, -0.2) is 34.6 Å². The Balaban J connectivity index is 1.67. The van der Waals surface area contributed by atoms with Gasteiger partial charge >= 0.3 is 0 Å². The lowest BCUT2D eigenvalue weighted by atomic mass is 10.1. The zero-order chi connectivity index (χ0) is 14.8. The number of ether oxygens (including phenoxy) is 1. The number of aromatic nitrogens is 2. The number of carbonyl (C=O) groups excluding carboxylic acids is 1. The van der Waals surface area contributed by atoms with Crippen molar-refractivity contribution < 1.29 is 14.1 Å². The van der Waals surface area contributed by atoms with Crippen LogP contribution in [0.15, 0.2) is 28.8 Å². The van der Waals surface area contributed by atoms with Crippen molar-refractivity contribution in [1.82, 2.24) is 15.0 Å². The van der Waals surface area contributed by atoms with Gasteiger partial charge in [0, 0.05) is 19.5 Å². The van der Waals surface area contributed by atoms with Gasteiger partial charge in [-0.15, -0.1) is 0 Å². The summed E-state index contributed by atoms with van der Waals surface area (Å²) in [7, 11) is 1.63. The average Bonchev–Trinajstić information content (AvgIpc) is 3.07. The average molecular weight is 287 g/mol. The van der Waals surface area contributed by atoms with E-state index in [2.05, 4.69) is 10.1 Å². The molecular formula is C15H17N3O3. The molecule has 0 aliphatic carbocycles. The van der Waals surface area contributed by atoms with Crippen molar-refractivity contribution in [3.05, 3.63) is 41.5 Å². The van der Waals surface area contributed by atoms with Crippen LogP contribution in [-0.2, 0) is 11.3 Å². The number of hydrogen-bond acceptors (Lipinski definition) is 5. The second-order valence-electron chi connectivity index (χ2n) is 5.20. The number of likely N-dealkylation sites (tertiary alicyclic amines) is 1. The first-order chi connectivity index (χ1) is 10.2. The van der Waals surface area contributed by atoms with Crippen molar-refractivity contribution in [2.45, 2.75) is 25.8 Å². The molecule has 3 rings (SSSR count). The number of methoxy groups -OCH3 is 1. The van der Waals surface area contributed by atoms with Gasteiger partial charge in [-0.2, -0.15) is 4.98 Å². The molecule has 21 heavy (non-hydrogen) atoms. The van der Waals surface area contributed by atoms with Crippen LogP contribution < -0.4 is 4.74 Å². The normalized spacial score (nSPS) is 18.3. The second kappa shape index (κ2) is 5.55. The summed E-state index contributed by atoms with van der Waals surface area (Å²) in [5.74, 6) is 2.08. The van der Waals surface area contributed by atoms with Crippen LogP contribution >= 0.6 is 0 Å². The van der Waals surface area contributed by atoms with Gasteiger partial charge in [-0.05, 0) is 24.6 Å². The quantitative estimate of drug-likeness (QED) is 0.859. The van der Waals surface area contributed by atoms with Crippen LogP contribution in [0.25, 0.3) is 0 Å². The third-order valence-electron chi connectivity index (χ3n) is 3.64. The Bertz CT molecular complexity index is 636. The third kappa shape index (κ3) is 2.89. The fourth-order valence-corrected chi connectivity index (χ4v) is 2.52. The highest BCUT2D eigenvalue weighted by Crippen LogP contribution is 2.28. The minimum absolute atomic E-state index is 0.00283. The predicted octanol–water partition coefficient (Wildman–Crippen LogP) is 1.90. The van der Waals surface area contributed by atoms with Crippen molar-refractivity contribution in [2.75, 3.05) is 13.7 Å². The molecule has 0 bridgehead atoms. The van der Waals surface area contributed by atoms with Gasteiger partial charge in [-0.3, -0.25) is 4.79 Å². The number of benzene rings is 1. The van der Waals surface area contributed by atoms with E-state index in [9.17, 15) is 4.79 Å². The highest BCUT2D eigenvalue weighted by Gasteiger charge is 2.33. The van der Waals surface area contributed by atoms with Crippen LogP contribution in [0.3, 0.4) is 0 Å². The van der Waals surface area contributed by atoms with Crippen molar-refractivity contribution in [2.24, 2.45) is 0 Å². The minimum atomic E-state index is -0.00283. The molecule has 1 aromatic carbocycles. The van der Waals surface area contributed by atoms with E-state index in [4.69, 9.17) is 9.26 Å². The molecule has 2 aromatic rings. The van der Waals surface area contributed by atoms with Crippen LogP contribution in [0.2, 0.25) is 0 Å². The Labute approximate surface area is 122 Å². The molecular weight excluding hydrogens is 270 g/mol. The first-order valence-corrected chi connectivity index (χ1v) is 6.86. The fraction of sp³-hybridized carbons (Fsp3) is 0.400. The molecule has 0 saturated carbocycles. The summed E-state index contributed by atoms with van der Waals surface area (Å²) in [5, 5.41) is 3.78. The van der Waals surface area contributed by atoms with Crippen molar-refractivity contribution in [3.63, 3.8) is 0 Å². The summed E-state index contributed by atoms with van der Waals surface area (Å²) in [4.78, 5) is 18.1. The number of amides is 1. The van der Waals surface area contributed by atoms with E-state index in [1.54, 1.807) is 14.0 Å². The molecule has 1 aliphatic heterocycles. The number of aryl methyl sites for hydroxylation is 1. The molecule has 2 heterocycles. The van der Waals surface area contributed by atoms with E-state index in [1.165, 1.54) is 0 Å². The SMILES string of the molecule is COc1ccc(CN2CC(c3nc(C)no3)CC2=O)cc1. The topological polar surface area (TPSA) is 68.5 Å². The van der Waals surface area contributed by atoms with Gasteiger partial charge in [0.05, 0.1) is 13.0 Å². The van der Waals surface area contributed by atoms with Gasteiger partial charge < -0.3 is 14.2 Å². The molecule has 6 nitrogen and oxygen atoms in total. The van der Waals surface area contributed by atoms with E-state index in [0.717, 1.165) is 11.3 Å². The maximum absolute atomic E-state index is 12.1. The Morgan fingerprint density at radius 2 is 2.14 bits per heavy atom. The monoisotopic (exact) mass is 287 g/mol. The Kier molecular flexibility index (Phi) is 3.60. The molecule has 1 atom stereocenters. The lowest BCUT2D eigenvalue weighted by molar-refractivity contribution is -0.128. The molecule has 1 fully saturated rings. The van der Waals surface area contributed by atoms with Gasteiger partial charge in [0.1, 0.15) is 5.75 Å². The maximum atomic E-state index is 12.1. The summed E-state index contributed by atoms with van der Waals surface area (Å²) in [6.45, 7) is 2.98. The molecule has 1 amide bonds. The molecule has 110 valence electrons. The summed E-state index contributed by atoms with van der Waals surface area (Å²) >= 11 is 0. The van der Waals surface area contributed by atoms with Gasteiger partial charge in [0.2, 0.25) is 11.8 Å². The van der Waals surface area contributed by atoms with Crippen molar-refractivity contribution >= 4 is 5.91 Å². The smallest absolute Gasteiger partial charge is 0.232 e. The molecule has 1 aromatic heterocycles. The Hall–Kier alpha value is -2.37. The first-order valence-electron chi connectivity index (χ1n) is 6.86. The third-order valence-corrected chi connectivity index (χ3v) is 3.64. The van der Waals surface area contributed by atoms with Crippen LogP contribution in [0.4, 0.5) is 0 Å². The van der Waals surface area contributed by atoms with E-state index < -0.39 is 0 Å². The highest BCUT2D eigenvalue weighted by molar-refractivity contribution is 5.79. The summed E-state index contributed by atoms with van der Waals surface area (Å²) in [6, 6.07) is 7.73. The lowest BCUT2D eigenvalue weighted by Crippen LogP contribution is -2.24. The minimum Gasteiger partial charge on any atom is -0.497 e. The van der Waals surface area contributed by atoms with E-state index in [-0.39, 0.29) is 11.8 Å².